The van der Waals surface area contributed by atoms with E-state index in [4.69, 9.17) is 5.11 Å². The third-order valence-corrected chi connectivity index (χ3v) is 7.94. The molecule has 1 unspecified atom stereocenters. The van der Waals surface area contributed by atoms with Crippen molar-refractivity contribution in [2.24, 2.45) is 17.8 Å². The second kappa shape index (κ2) is 12.0. The summed E-state index contributed by atoms with van der Waals surface area (Å²) in [6.07, 6.45) is 12.0. The van der Waals surface area contributed by atoms with Gasteiger partial charge in [-0.1, -0.05) is 31.2 Å². The number of aliphatic hydroxyl groups is 2. The summed E-state index contributed by atoms with van der Waals surface area (Å²) in [4.78, 5) is 13.1. The molecule has 1 heterocycles. The predicted molar refractivity (Wildman–Crippen MR) is 122 cm³/mol. The molecule has 1 aliphatic rings. The van der Waals surface area contributed by atoms with Gasteiger partial charge in [0.05, 0.1) is 12.2 Å². The molecule has 2 rings (SSSR count). The second-order valence-electron chi connectivity index (χ2n) is 8.12. The molecule has 0 radical (unpaired) electrons. The highest BCUT2D eigenvalue weighted by Crippen LogP contribution is 2.40. The lowest BCUT2D eigenvalue weighted by molar-refractivity contribution is -0.137. The molecule has 0 saturated heterocycles. The van der Waals surface area contributed by atoms with E-state index in [0.29, 0.717) is 18.8 Å². The summed E-state index contributed by atoms with van der Waals surface area (Å²) < 4.78 is 1.13. The Balaban J connectivity index is 1.83. The van der Waals surface area contributed by atoms with E-state index < -0.39 is 12.1 Å². The standard InChI is InChI=1S/C23H33BrO4S/c1-15-13-22(26)20(7-5-3-4-6-8-23(27)28)19(15)12-10-17(25)9-11-18-14-21(24)16(2)29-18/h3,5,10,12,14-15,17,19-20,22,25-26H,4,6-9,11,13H2,1-2H3,(H,27,28)/t15-,17+,19+,20-,22?/m1/s1. The van der Waals surface area contributed by atoms with E-state index in [9.17, 15) is 15.0 Å². The lowest BCUT2D eigenvalue weighted by Crippen LogP contribution is -2.18. The smallest absolute Gasteiger partial charge is 0.303 e. The van der Waals surface area contributed by atoms with E-state index in [2.05, 4.69) is 48.0 Å². The molecular weight excluding hydrogens is 452 g/mol. The minimum Gasteiger partial charge on any atom is -0.481 e. The molecule has 1 aromatic rings. The fourth-order valence-corrected chi connectivity index (χ4v) is 5.68. The fourth-order valence-electron chi connectivity index (χ4n) is 4.06. The van der Waals surface area contributed by atoms with Crippen LogP contribution in [0.1, 0.15) is 55.2 Å². The summed E-state index contributed by atoms with van der Waals surface area (Å²) in [6, 6.07) is 2.13. The van der Waals surface area contributed by atoms with Crippen LogP contribution in [0, 0.1) is 24.7 Å². The fraction of sp³-hybridized carbons (Fsp3) is 0.609. The minimum absolute atomic E-state index is 0.153. The summed E-state index contributed by atoms with van der Waals surface area (Å²) in [7, 11) is 0. The van der Waals surface area contributed by atoms with E-state index >= 15 is 0 Å². The summed E-state index contributed by atoms with van der Waals surface area (Å²) in [5.41, 5.74) is 0. The molecule has 29 heavy (non-hydrogen) atoms. The Morgan fingerprint density at radius 1 is 1.41 bits per heavy atom. The number of thiophene rings is 1. The zero-order chi connectivity index (χ0) is 21.4. The van der Waals surface area contributed by atoms with Gasteiger partial charge in [0.15, 0.2) is 0 Å². The van der Waals surface area contributed by atoms with Gasteiger partial charge >= 0.3 is 5.97 Å². The number of halogens is 1. The van der Waals surface area contributed by atoms with Crippen LogP contribution < -0.4 is 0 Å². The number of aliphatic carboxylic acids is 1. The number of hydrogen-bond acceptors (Lipinski definition) is 4. The lowest BCUT2D eigenvalue weighted by Gasteiger charge is -2.20. The van der Waals surface area contributed by atoms with Gasteiger partial charge in [-0.3, -0.25) is 4.79 Å². The molecule has 1 fully saturated rings. The van der Waals surface area contributed by atoms with E-state index in [1.165, 1.54) is 9.75 Å². The molecule has 1 aromatic heterocycles. The average molecular weight is 485 g/mol. The van der Waals surface area contributed by atoms with Gasteiger partial charge in [0.2, 0.25) is 0 Å². The maximum atomic E-state index is 10.5. The first-order chi connectivity index (χ1) is 13.8. The van der Waals surface area contributed by atoms with Crippen molar-refractivity contribution in [3.8, 4) is 0 Å². The topological polar surface area (TPSA) is 77.8 Å². The molecule has 1 saturated carbocycles. The van der Waals surface area contributed by atoms with Crippen molar-refractivity contribution in [1.29, 1.82) is 0 Å². The average Bonchev–Trinajstić information content (AvgIpc) is 3.11. The molecule has 5 atom stereocenters. The van der Waals surface area contributed by atoms with Crippen molar-refractivity contribution in [2.75, 3.05) is 0 Å². The van der Waals surface area contributed by atoms with Gasteiger partial charge in [0.1, 0.15) is 0 Å². The van der Waals surface area contributed by atoms with E-state index in [-0.39, 0.29) is 24.4 Å². The molecular formula is C23H33BrO4S. The minimum atomic E-state index is -0.760. The van der Waals surface area contributed by atoms with Gasteiger partial charge in [-0.15, -0.1) is 11.3 Å². The Labute approximate surface area is 186 Å². The Morgan fingerprint density at radius 3 is 2.83 bits per heavy atom. The van der Waals surface area contributed by atoms with Gasteiger partial charge in [0.25, 0.3) is 0 Å². The van der Waals surface area contributed by atoms with Crippen LogP contribution in [-0.4, -0.2) is 33.5 Å². The van der Waals surface area contributed by atoms with Gasteiger partial charge in [0, 0.05) is 20.6 Å². The lowest BCUT2D eigenvalue weighted by atomic mass is 9.86. The maximum Gasteiger partial charge on any atom is 0.303 e. The zero-order valence-corrected chi connectivity index (χ0v) is 19.7. The molecule has 0 aliphatic heterocycles. The predicted octanol–water partition coefficient (Wildman–Crippen LogP) is 5.50. The van der Waals surface area contributed by atoms with E-state index in [1.54, 1.807) is 11.3 Å². The van der Waals surface area contributed by atoms with Crippen LogP contribution in [0.25, 0.3) is 0 Å². The van der Waals surface area contributed by atoms with Crippen LogP contribution >= 0.6 is 27.3 Å². The number of unbranched alkanes of at least 4 members (excludes halogenated alkanes) is 1. The van der Waals surface area contributed by atoms with Crippen LogP contribution in [-0.2, 0) is 11.2 Å². The SMILES string of the molecule is Cc1sc(CC[C@H](O)C=C[C@H]2[C@H](C)CC(O)[C@@H]2CC=CCCCC(=O)O)cc1Br. The Morgan fingerprint density at radius 2 is 2.17 bits per heavy atom. The number of hydrogen-bond donors (Lipinski definition) is 3. The van der Waals surface area contributed by atoms with Crippen molar-refractivity contribution in [2.45, 2.75) is 71.0 Å². The van der Waals surface area contributed by atoms with Crippen molar-refractivity contribution in [3.05, 3.63) is 44.6 Å². The van der Waals surface area contributed by atoms with E-state index in [1.807, 2.05) is 12.2 Å². The number of carboxylic acid groups (broad SMARTS) is 1. The monoisotopic (exact) mass is 484 g/mol. The van der Waals surface area contributed by atoms with Gasteiger partial charge in [-0.25, -0.2) is 0 Å². The molecule has 3 N–H and O–H groups in total. The Hall–Kier alpha value is -0.950. The van der Waals surface area contributed by atoms with E-state index in [0.717, 1.165) is 30.2 Å². The van der Waals surface area contributed by atoms with Crippen LogP contribution in [0.5, 0.6) is 0 Å². The molecule has 162 valence electrons. The van der Waals surface area contributed by atoms with Crippen molar-refractivity contribution < 1.29 is 20.1 Å². The number of aryl methyl sites for hydroxylation is 2. The quantitative estimate of drug-likeness (QED) is 0.286. The molecule has 4 nitrogen and oxygen atoms in total. The van der Waals surface area contributed by atoms with Crippen molar-refractivity contribution >= 4 is 33.2 Å². The van der Waals surface area contributed by atoms with Crippen LogP contribution in [0.3, 0.4) is 0 Å². The molecule has 0 spiro atoms. The Kier molecular flexibility index (Phi) is 10.1. The van der Waals surface area contributed by atoms with Crippen LogP contribution in [0.15, 0.2) is 34.8 Å². The summed E-state index contributed by atoms with van der Waals surface area (Å²) in [6.45, 7) is 4.25. The highest BCUT2D eigenvalue weighted by Gasteiger charge is 2.37. The number of carbonyl (C=O) groups is 1. The second-order valence-corrected chi connectivity index (χ2v) is 10.3. The molecule has 0 aromatic carbocycles. The third kappa shape index (κ3) is 8.00. The molecule has 0 bridgehead atoms. The summed E-state index contributed by atoms with van der Waals surface area (Å²) >= 11 is 5.30. The number of carboxylic acids is 1. The molecule has 0 amide bonds. The van der Waals surface area contributed by atoms with Crippen molar-refractivity contribution in [1.82, 2.24) is 0 Å². The van der Waals surface area contributed by atoms with Gasteiger partial charge in [-0.05, 0) is 85.2 Å². The van der Waals surface area contributed by atoms with Gasteiger partial charge < -0.3 is 15.3 Å². The highest BCUT2D eigenvalue weighted by molar-refractivity contribution is 9.10. The third-order valence-electron chi connectivity index (χ3n) is 5.75. The highest BCUT2D eigenvalue weighted by atomic mass is 79.9. The largest absolute Gasteiger partial charge is 0.481 e. The first-order valence-electron chi connectivity index (χ1n) is 10.4. The zero-order valence-electron chi connectivity index (χ0n) is 17.3. The van der Waals surface area contributed by atoms with Crippen LogP contribution in [0.4, 0.5) is 0 Å². The molecule has 1 aliphatic carbocycles. The maximum absolute atomic E-state index is 10.5. The summed E-state index contributed by atoms with van der Waals surface area (Å²) in [5, 5.41) is 29.5. The normalized spacial score (nSPS) is 26.0. The first-order valence-corrected chi connectivity index (χ1v) is 12.0. The van der Waals surface area contributed by atoms with Crippen LogP contribution in [0.2, 0.25) is 0 Å². The number of rotatable bonds is 11. The molecule has 6 heteroatoms. The Bertz CT molecular complexity index is 692. The summed E-state index contributed by atoms with van der Waals surface area (Å²) in [5.74, 6) is 0.0281. The number of aliphatic hydroxyl groups excluding tert-OH is 2. The number of allylic oxidation sites excluding steroid dienone is 3. The van der Waals surface area contributed by atoms with Gasteiger partial charge in [-0.2, -0.15) is 0 Å². The first kappa shape index (κ1) is 24.3. The van der Waals surface area contributed by atoms with Crippen molar-refractivity contribution in [3.63, 3.8) is 0 Å².